The minimum Gasteiger partial charge on any atom is -0.458 e. The SMILES string of the molecule is Cc1ccc(-c2nc(-c3ccc4c(c3)[nH]c(=O)n4C3CCCC3)c(C)[nH]2)o1.Cc1cccc(C)c1. The molecule has 6 nitrogen and oxygen atoms in total. The average Bonchev–Trinajstić information content (AvgIpc) is 3.60. The maximum absolute atomic E-state index is 12.5. The fraction of sp³-hybridized carbons (Fsp3) is 0.310. The first kappa shape index (κ1) is 23.0. The number of hydrogen-bond acceptors (Lipinski definition) is 3. The van der Waals surface area contributed by atoms with Crippen LogP contribution in [-0.4, -0.2) is 19.5 Å². The molecular weight excluding hydrogens is 436 g/mol. The van der Waals surface area contributed by atoms with E-state index in [9.17, 15) is 4.79 Å². The molecule has 3 heterocycles. The Balaban J connectivity index is 0.000000271. The highest BCUT2D eigenvalue weighted by molar-refractivity contribution is 5.82. The highest BCUT2D eigenvalue weighted by atomic mass is 16.3. The molecule has 1 saturated carbocycles. The Bertz CT molecular complexity index is 1510. The Morgan fingerprint density at radius 1 is 0.914 bits per heavy atom. The molecule has 2 N–H and O–H groups in total. The lowest BCUT2D eigenvalue weighted by Gasteiger charge is -2.11. The molecular formula is C29H32N4O2. The molecule has 1 fully saturated rings. The first-order valence-corrected chi connectivity index (χ1v) is 12.3. The van der Waals surface area contributed by atoms with E-state index in [2.05, 4.69) is 48.1 Å². The molecule has 0 radical (unpaired) electrons. The third kappa shape index (κ3) is 4.74. The van der Waals surface area contributed by atoms with Crippen LogP contribution in [0.2, 0.25) is 0 Å². The number of imidazole rings is 2. The van der Waals surface area contributed by atoms with Gasteiger partial charge in [-0.25, -0.2) is 9.78 Å². The molecule has 5 aromatic rings. The van der Waals surface area contributed by atoms with Gasteiger partial charge in [0.05, 0.1) is 16.7 Å². The van der Waals surface area contributed by atoms with Gasteiger partial charge in [0.25, 0.3) is 0 Å². The summed E-state index contributed by atoms with van der Waals surface area (Å²) in [7, 11) is 0. The fourth-order valence-electron chi connectivity index (χ4n) is 5.03. The van der Waals surface area contributed by atoms with Crippen molar-refractivity contribution >= 4 is 11.0 Å². The van der Waals surface area contributed by atoms with Gasteiger partial charge >= 0.3 is 5.69 Å². The lowest BCUT2D eigenvalue weighted by Crippen LogP contribution is -2.20. The molecule has 35 heavy (non-hydrogen) atoms. The highest BCUT2D eigenvalue weighted by Gasteiger charge is 2.21. The van der Waals surface area contributed by atoms with Crippen molar-refractivity contribution < 1.29 is 4.42 Å². The fourth-order valence-corrected chi connectivity index (χ4v) is 5.03. The van der Waals surface area contributed by atoms with Crippen LogP contribution in [0.4, 0.5) is 0 Å². The molecule has 2 aromatic carbocycles. The summed E-state index contributed by atoms with van der Waals surface area (Å²) < 4.78 is 7.61. The normalized spacial score (nSPS) is 13.8. The van der Waals surface area contributed by atoms with Crippen molar-refractivity contribution in [1.82, 2.24) is 19.5 Å². The van der Waals surface area contributed by atoms with E-state index in [0.29, 0.717) is 11.9 Å². The maximum atomic E-state index is 12.5. The van der Waals surface area contributed by atoms with Gasteiger partial charge in [-0.1, -0.05) is 54.3 Å². The maximum Gasteiger partial charge on any atom is 0.326 e. The predicted octanol–water partition coefficient (Wildman–Crippen LogP) is 7.02. The van der Waals surface area contributed by atoms with E-state index >= 15 is 0 Å². The molecule has 6 rings (SSSR count). The summed E-state index contributed by atoms with van der Waals surface area (Å²) in [4.78, 5) is 23.6. The summed E-state index contributed by atoms with van der Waals surface area (Å²) >= 11 is 0. The minimum absolute atomic E-state index is 0.0143. The van der Waals surface area contributed by atoms with Crippen molar-refractivity contribution in [2.75, 3.05) is 0 Å². The standard InChI is InChI=1S/C21H22N4O2.C8H10/c1-12-7-10-18(27-12)20-22-13(2)19(24-20)14-8-9-17-16(11-14)23-21(26)25(17)15-5-3-4-6-15;1-7-4-3-5-8(2)6-7/h7-11,15H,3-6H2,1-2H3,(H,22,24)(H,23,26);3-6H,1-2H3. The van der Waals surface area contributed by atoms with E-state index in [1.807, 2.05) is 48.7 Å². The van der Waals surface area contributed by atoms with E-state index in [4.69, 9.17) is 9.40 Å². The van der Waals surface area contributed by atoms with Crippen LogP contribution in [0.3, 0.4) is 0 Å². The second-order valence-corrected chi connectivity index (χ2v) is 9.60. The molecule has 3 aromatic heterocycles. The van der Waals surface area contributed by atoms with E-state index in [1.54, 1.807) is 0 Å². The quantitative estimate of drug-likeness (QED) is 0.299. The van der Waals surface area contributed by atoms with Gasteiger partial charge in [0.15, 0.2) is 11.6 Å². The number of rotatable bonds is 3. The molecule has 0 spiro atoms. The number of H-pyrrole nitrogens is 2. The third-order valence-corrected chi connectivity index (χ3v) is 6.71. The van der Waals surface area contributed by atoms with Crippen LogP contribution in [0, 0.1) is 27.7 Å². The number of fused-ring (bicyclic) bond motifs is 1. The number of hydrogen-bond donors (Lipinski definition) is 2. The molecule has 180 valence electrons. The zero-order valence-corrected chi connectivity index (χ0v) is 20.8. The zero-order chi connectivity index (χ0) is 24.5. The van der Waals surface area contributed by atoms with Crippen molar-refractivity contribution in [3.05, 3.63) is 87.7 Å². The predicted molar refractivity (Wildman–Crippen MR) is 141 cm³/mol. The van der Waals surface area contributed by atoms with Crippen molar-refractivity contribution in [2.24, 2.45) is 0 Å². The molecule has 0 aliphatic heterocycles. The average molecular weight is 469 g/mol. The van der Waals surface area contributed by atoms with Gasteiger partial charge < -0.3 is 14.4 Å². The topological polar surface area (TPSA) is 79.6 Å². The zero-order valence-electron chi connectivity index (χ0n) is 20.8. The van der Waals surface area contributed by atoms with Gasteiger partial charge in [0.1, 0.15) is 5.76 Å². The van der Waals surface area contributed by atoms with E-state index in [0.717, 1.165) is 52.3 Å². The van der Waals surface area contributed by atoms with E-state index < -0.39 is 0 Å². The molecule has 1 aliphatic rings. The van der Waals surface area contributed by atoms with Crippen LogP contribution in [0.1, 0.15) is 54.3 Å². The Morgan fingerprint density at radius 2 is 1.66 bits per heavy atom. The number of aromatic nitrogens is 4. The summed E-state index contributed by atoms with van der Waals surface area (Å²) in [5, 5.41) is 0. The summed E-state index contributed by atoms with van der Waals surface area (Å²) in [6, 6.07) is 18.7. The molecule has 0 bridgehead atoms. The third-order valence-electron chi connectivity index (χ3n) is 6.71. The van der Waals surface area contributed by atoms with Crippen LogP contribution in [-0.2, 0) is 0 Å². The minimum atomic E-state index is -0.0143. The largest absolute Gasteiger partial charge is 0.458 e. The van der Waals surface area contributed by atoms with Crippen molar-refractivity contribution in [2.45, 2.75) is 59.4 Å². The van der Waals surface area contributed by atoms with E-state index in [1.165, 1.54) is 24.0 Å². The summed E-state index contributed by atoms with van der Waals surface area (Å²) in [6.07, 6.45) is 4.56. The first-order chi connectivity index (χ1) is 16.9. The number of nitrogens with zero attached hydrogens (tertiary/aromatic N) is 2. The van der Waals surface area contributed by atoms with Gasteiger partial charge in [-0.15, -0.1) is 0 Å². The molecule has 0 unspecified atom stereocenters. The lowest BCUT2D eigenvalue weighted by atomic mass is 10.1. The van der Waals surface area contributed by atoms with Crippen LogP contribution in [0.5, 0.6) is 0 Å². The number of furan rings is 1. The number of aromatic amines is 2. The summed E-state index contributed by atoms with van der Waals surface area (Å²) in [5.41, 5.74) is 7.32. The summed E-state index contributed by atoms with van der Waals surface area (Å²) in [6.45, 7) is 8.12. The van der Waals surface area contributed by atoms with Crippen molar-refractivity contribution in [3.63, 3.8) is 0 Å². The van der Waals surface area contributed by atoms with Crippen molar-refractivity contribution in [1.29, 1.82) is 0 Å². The Hall–Kier alpha value is -3.80. The van der Waals surface area contributed by atoms with E-state index in [-0.39, 0.29) is 5.69 Å². The number of aryl methyl sites for hydroxylation is 4. The Morgan fingerprint density at radius 3 is 2.29 bits per heavy atom. The van der Waals surface area contributed by atoms with Crippen LogP contribution in [0.25, 0.3) is 33.9 Å². The van der Waals surface area contributed by atoms with Crippen LogP contribution < -0.4 is 5.69 Å². The smallest absolute Gasteiger partial charge is 0.326 e. The second kappa shape index (κ2) is 9.45. The lowest BCUT2D eigenvalue weighted by molar-refractivity contribution is 0.518. The van der Waals surface area contributed by atoms with Gasteiger partial charge in [-0.05, 0) is 64.8 Å². The van der Waals surface area contributed by atoms with Crippen LogP contribution in [0.15, 0.2) is 63.8 Å². The Kier molecular flexibility index (Phi) is 6.20. The molecule has 0 saturated heterocycles. The Labute approximate surface area is 205 Å². The van der Waals surface area contributed by atoms with Crippen LogP contribution >= 0.6 is 0 Å². The van der Waals surface area contributed by atoms with Gasteiger partial charge in [0.2, 0.25) is 0 Å². The molecule has 0 amide bonds. The monoisotopic (exact) mass is 468 g/mol. The molecule has 6 heteroatoms. The van der Waals surface area contributed by atoms with Gasteiger partial charge in [-0.3, -0.25) is 4.57 Å². The van der Waals surface area contributed by atoms with Gasteiger partial charge in [0, 0.05) is 17.3 Å². The molecule has 0 atom stereocenters. The number of nitrogens with one attached hydrogen (secondary N) is 2. The number of benzene rings is 2. The van der Waals surface area contributed by atoms with Gasteiger partial charge in [-0.2, -0.15) is 0 Å². The summed E-state index contributed by atoms with van der Waals surface area (Å²) in [5.74, 6) is 2.30. The first-order valence-electron chi connectivity index (χ1n) is 12.3. The molecule has 1 aliphatic carbocycles. The highest BCUT2D eigenvalue weighted by Crippen LogP contribution is 2.32. The van der Waals surface area contributed by atoms with Crippen molar-refractivity contribution in [3.8, 4) is 22.8 Å². The second-order valence-electron chi connectivity index (χ2n) is 9.60.